The fourth-order valence-electron chi connectivity index (χ4n) is 20.9. The van der Waals surface area contributed by atoms with Crippen molar-refractivity contribution in [3.63, 3.8) is 0 Å². The number of likely N-dealkylation sites (N-methyl/N-ethyl adjacent to an activating group) is 1. The van der Waals surface area contributed by atoms with Gasteiger partial charge in [-0.15, -0.1) is 0 Å². The fourth-order valence-corrected chi connectivity index (χ4v) is 22.4. The van der Waals surface area contributed by atoms with E-state index >= 15 is 0 Å². The highest BCUT2D eigenvalue weighted by Crippen LogP contribution is 2.43. The van der Waals surface area contributed by atoms with Crippen molar-refractivity contribution in [3.8, 4) is 45.7 Å². The lowest BCUT2D eigenvalue weighted by Gasteiger charge is -2.39. The molecule has 2 aliphatic carbocycles. The van der Waals surface area contributed by atoms with Gasteiger partial charge in [0, 0.05) is 72.3 Å². The van der Waals surface area contributed by atoms with Gasteiger partial charge in [0.15, 0.2) is 45.9 Å². The van der Waals surface area contributed by atoms with Crippen LogP contribution in [0.25, 0.3) is 67.4 Å². The van der Waals surface area contributed by atoms with Crippen LogP contribution in [0, 0.1) is 23.7 Å². The number of fused-ring (bicyclic) bond motifs is 4. The molecule has 0 spiro atoms. The molecule has 8 aromatic heterocycles. The molecule has 5 saturated heterocycles. The monoisotopic (exact) mass is 1870 g/mol. The van der Waals surface area contributed by atoms with Crippen LogP contribution in [0.4, 0.5) is 23.3 Å². The predicted octanol–water partition coefficient (Wildman–Crippen LogP) is 13.1. The minimum Gasteiger partial charge on any atom is -0.457 e. The quantitative estimate of drug-likeness (QED) is 0.0395. The Morgan fingerprint density at radius 2 is 0.664 bits per heavy atom. The summed E-state index contributed by atoms with van der Waals surface area (Å²) in [4.78, 5) is 93.6. The minimum atomic E-state index is -3.59. The summed E-state index contributed by atoms with van der Waals surface area (Å²) < 4.78 is 52.1. The molecule has 34 nitrogen and oxygen atoms in total. The molecule has 7 fully saturated rings. The molecule has 6 aromatic carbocycles. The van der Waals surface area contributed by atoms with Crippen LogP contribution >= 0.6 is 23.2 Å². The number of aromatic nitrogens is 16. The zero-order valence-electron chi connectivity index (χ0n) is 75.2. The van der Waals surface area contributed by atoms with Crippen LogP contribution in [0.1, 0.15) is 133 Å². The Balaban J connectivity index is 0.000000120. The van der Waals surface area contributed by atoms with Crippen molar-refractivity contribution in [1.29, 1.82) is 0 Å². The second kappa shape index (κ2) is 41.2. The van der Waals surface area contributed by atoms with E-state index in [9.17, 15) is 27.6 Å². The second-order valence-electron chi connectivity index (χ2n) is 36.0. The summed E-state index contributed by atoms with van der Waals surface area (Å²) in [7, 11) is 0.132. The first kappa shape index (κ1) is 92.0. The van der Waals surface area contributed by atoms with E-state index in [0.29, 0.717) is 126 Å². The molecule has 13 heterocycles. The lowest BCUT2D eigenvalue weighted by Crippen LogP contribution is -2.47. The largest absolute Gasteiger partial charge is 0.457 e. The summed E-state index contributed by atoms with van der Waals surface area (Å²) in [6.45, 7) is 9.65. The highest BCUT2D eigenvalue weighted by molar-refractivity contribution is 7.92. The number of para-hydroxylation sites is 2. The van der Waals surface area contributed by atoms with Crippen molar-refractivity contribution in [2.75, 3.05) is 109 Å². The maximum Gasteiger partial charge on any atom is 0.335 e. The molecule has 11 N–H and O–H groups in total. The van der Waals surface area contributed by atoms with Crippen LogP contribution in [0.2, 0.25) is 10.0 Å². The molecule has 1 unspecified atom stereocenters. The van der Waals surface area contributed by atoms with E-state index < -0.39 is 10.0 Å². The van der Waals surface area contributed by atoms with Crippen LogP contribution in [-0.4, -0.2) is 191 Å². The minimum absolute atomic E-state index is 0.0780. The van der Waals surface area contributed by atoms with Crippen molar-refractivity contribution in [2.45, 2.75) is 139 Å². The molecule has 0 radical (unpaired) electrons. The Labute approximate surface area is 785 Å². The third kappa shape index (κ3) is 19.8. The number of nitrogens with zero attached hydrogens (tertiary/aromatic N) is 19. The van der Waals surface area contributed by atoms with Gasteiger partial charge in [-0.3, -0.25) is 36.5 Å². The number of sulfonamides is 1. The number of hydrogen-bond donors (Lipinski definition) is 7. The van der Waals surface area contributed by atoms with E-state index in [0.717, 1.165) is 157 Å². The molecule has 37 heteroatoms. The van der Waals surface area contributed by atoms with Crippen LogP contribution in [0.15, 0.2) is 214 Å². The fraction of sp³-hybridized carbons (Fsp3) is 0.402. The number of rotatable bonds is 19. The number of likely N-dealkylation sites (tertiary alicyclic amines) is 1. The van der Waals surface area contributed by atoms with Crippen molar-refractivity contribution in [2.24, 2.45) is 23.7 Å². The van der Waals surface area contributed by atoms with Crippen LogP contribution < -0.4 is 71.1 Å². The predicted molar refractivity (Wildman–Crippen MR) is 524 cm³/mol. The van der Waals surface area contributed by atoms with E-state index in [1.54, 1.807) is 56.2 Å². The number of hydrogen-bond acceptors (Lipinski definition) is 25. The SMILES string of the molecule is CN(C)C/C=C/S(=O)(=O)N1CCC(n2c(=O)n(-c3ccc(Cl)cc3)c3c(N)ncnc32)C1.Nc1ncnc2c1n(-c1ccc(Cl)cc1)c(=O)n2C1CCC(C2CCNCC2)CC1.Nc1ncnc2c1n(-c1ccc(Oc3ccccc3)cc1)c(=O)n2C1CCC(C2CCNCC2)CC1.Nc1ncnc2c1n(-c1ccc(Oc3ccccc3)cc1)c(=O)n2C1CCN(C2CCNCC2)CC1. The Morgan fingerprint density at radius 3 is 1.01 bits per heavy atom. The van der Waals surface area contributed by atoms with E-state index in [4.69, 9.17) is 55.6 Å². The van der Waals surface area contributed by atoms with Crippen molar-refractivity contribution in [1.82, 2.24) is 106 Å². The number of benzene rings is 6. The lowest BCUT2D eigenvalue weighted by molar-refractivity contribution is 0.113. The zero-order chi connectivity index (χ0) is 92.7. The topological polar surface area (TPSA) is 413 Å². The summed E-state index contributed by atoms with van der Waals surface area (Å²) >= 11 is 12.0. The molecule has 700 valence electrons. The Morgan fingerprint density at radius 1 is 0.366 bits per heavy atom. The average molecular weight is 1880 g/mol. The van der Waals surface area contributed by atoms with Crippen molar-refractivity contribution < 1.29 is 17.9 Å². The molecule has 0 amide bonds. The Bertz CT molecular complexity index is 6610. The van der Waals surface area contributed by atoms with Crippen LogP contribution in [0.5, 0.6) is 23.0 Å². The lowest BCUT2D eigenvalue weighted by atomic mass is 9.75. The first-order valence-electron chi connectivity index (χ1n) is 46.5. The Kier molecular flexibility index (Phi) is 28.3. The molecule has 134 heavy (non-hydrogen) atoms. The van der Waals surface area contributed by atoms with Gasteiger partial charge in [0.1, 0.15) is 70.4 Å². The molecule has 2 saturated carbocycles. The average Bonchev–Trinajstić information content (AvgIpc) is 1.60. The zero-order valence-corrected chi connectivity index (χ0v) is 77.5. The molecule has 14 aromatic rings. The Hall–Kier alpha value is -12.5. The summed E-state index contributed by atoms with van der Waals surface area (Å²) in [5.41, 5.74) is 31.2. The van der Waals surface area contributed by atoms with Gasteiger partial charge < -0.3 is 58.2 Å². The summed E-state index contributed by atoms with van der Waals surface area (Å²) in [5, 5.41) is 12.8. The first-order chi connectivity index (χ1) is 65.2. The van der Waals surface area contributed by atoms with E-state index in [2.05, 4.69) is 60.7 Å². The van der Waals surface area contributed by atoms with Gasteiger partial charge in [0.05, 0.1) is 28.8 Å². The summed E-state index contributed by atoms with van der Waals surface area (Å²) in [6, 6.07) is 48.7. The van der Waals surface area contributed by atoms with Crippen molar-refractivity contribution in [3.05, 3.63) is 247 Å². The molecular formula is C97H114Cl2N26O8S. The molecular weight excluding hydrogens is 1760 g/mol. The number of ether oxygens (including phenoxy) is 2. The number of imidazole rings is 4. The molecule has 5 aliphatic heterocycles. The first-order valence-corrected chi connectivity index (χ1v) is 48.8. The molecule has 7 aliphatic rings. The van der Waals surface area contributed by atoms with Gasteiger partial charge in [-0.1, -0.05) is 65.7 Å². The number of piperidine rings is 4. The third-order valence-corrected chi connectivity index (χ3v) is 29.7. The molecule has 1 atom stereocenters. The van der Waals surface area contributed by atoms with E-state index in [1.165, 1.54) is 82.7 Å². The standard InChI is InChI=1S/C28H32N6O2.C27H31N7O2.C22H27ClN6O.C20H24ClN7O3S/c29-26-25-27(32-18-31-26)34(22-8-6-19(7-9-22)20-14-16-30-17-15-20)28(35)33(25)21-10-12-24(13-11-21)36-23-4-2-1-3-5-23;28-25-24-26(31-18-30-25)34(21-12-16-32(17-13-21)19-10-14-29-15-11-19)27(35)33(24)20-6-8-23(9-7-20)36-22-4-2-1-3-5-22;23-16-3-7-17(8-4-16)28-19-20(24)26-13-27-21(19)29(22(28)30)18-5-1-14(2-6-18)15-9-11-25-12-10-15;1-25(2)9-3-11-32(30,31)26-10-8-16(12-26)28-19-17(18(22)23-13-24-19)27(20(28)29)15-6-4-14(21)5-7-15/h1-5,10-13,18-20,22,30H,6-9,14-17H2,(H2,29,31,32);1-9,18-19,21,29H,10-17H2,(H2,28,30,31);3-4,7-8,13-15,18,25H,1-2,5-6,9-12H2,(H2,24,26,27);3-7,11,13,16H,8-10,12H2,1-2H3,(H2,22,23,24)/b;;;11-3+. The van der Waals surface area contributed by atoms with Crippen LogP contribution in [0.3, 0.4) is 0 Å². The van der Waals surface area contributed by atoms with Crippen LogP contribution in [-0.2, 0) is 10.0 Å². The van der Waals surface area contributed by atoms with Crippen molar-refractivity contribution >= 4 is 101 Å². The second-order valence-corrected chi connectivity index (χ2v) is 38.7. The molecule has 21 rings (SSSR count). The van der Waals surface area contributed by atoms with Gasteiger partial charge >= 0.3 is 22.8 Å². The molecule has 0 bridgehead atoms. The normalized spacial score (nSPS) is 19.9. The maximum atomic E-state index is 13.9. The highest BCUT2D eigenvalue weighted by atomic mass is 35.5. The van der Waals surface area contributed by atoms with Gasteiger partial charge in [0.2, 0.25) is 10.0 Å². The number of nitrogens with one attached hydrogen (secondary N) is 3. The van der Waals surface area contributed by atoms with Gasteiger partial charge in [-0.2, -0.15) is 4.31 Å². The van der Waals surface area contributed by atoms with Gasteiger partial charge in [-0.25, -0.2) is 67.5 Å². The van der Waals surface area contributed by atoms with E-state index in [-0.39, 0.29) is 59.3 Å². The number of halogens is 2. The van der Waals surface area contributed by atoms with E-state index in [1.807, 2.05) is 154 Å². The smallest absolute Gasteiger partial charge is 0.335 e. The maximum absolute atomic E-state index is 13.9. The summed E-state index contributed by atoms with van der Waals surface area (Å²) in [6.07, 6.45) is 25.6. The number of anilines is 4. The number of nitrogen functional groups attached to an aromatic ring is 4. The third-order valence-electron chi connectivity index (χ3n) is 27.6. The highest BCUT2D eigenvalue weighted by Gasteiger charge is 2.39. The van der Waals surface area contributed by atoms with Gasteiger partial charge in [0.25, 0.3) is 0 Å². The summed E-state index contributed by atoms with van der Waals surface area (Å²) in [5.74, 6) is 7.13. The van der Waals surface area contributed by atoms with Gasteiger partial charge in [-0.05, 0) is 308 Å². The number of nitrogens with two attached hydrogens (primary N) is 4.